The van der Waals surface area contributed by atoms with Gasteiger partial charge in [-0.1, -0.05) is 6.58 Å². The molecule has 5 nitrogen and oxygen atoms in total. The number of methoxy groups -OCH3 is 1. The van der Waals surface area contributed by atoms with E-state index in [1.165, 1.54) is 0 Å². The normalized spacial score (nSPS) is 10.8. The fourth-order valence-corrected chi connectivity index (χ4v) is 2.51. The Morgan fingerprint density at radius 3 is 2.74 bits per heavy atom. The van der Waals surface area contributed by atoms with E-state index in [0.29, 0.717) is 41.3 Å². The van der Waals surface area contributed by atoms with Crippen molar-refractivity contribution in [3.8, 4) is 5.75 Å². The Morgan fingerprint density at radius 2 is 2.09 bits per heavy atom. The van der Waals surface area contributed by atoms with Crippen LogP contribution in [0.1, 0.15) is 23.0 Å². The smallest absolute Gasteiger partial charge is 0.342 e. The van der Waals surface area contributed by atoms with Gasteiger partial charge in [0.1, 0.15) is 35.9 Å². The van der Waals surface area contributed by atoms with Gasteiger partial charge in [0, 0.05) is 12.5 Å². The number of rotatable bonds is 7. The van der Waals surface area contributed by atoms with Gasteiger partial charge in [-0.2, -0.15) is 0 Å². The zero-order chi connectivity index (χ0) is 17.0. The second kappa shape index (κ2) is 7.66. The van der Waals surface area contributed by atoms with Crippen LogP contribution in [0.3, 0.4) is 0 Å². The molecule has 1 aromatic heterocycles. The van der Waals surface area contributed by atoms with Crippen LogP contribution in [0.15, 0.2) is 33.2 Å². The lowest BCUT2D eigenvalue weighted by molar-refractivity contribution is 0.0388. The van der Waals surface area contributed by atoms with E-state index in [4.69, 9.17) is 18.6 Å². The number of aryl methyl sites for hydroxylation is 1. The fourth-order valence-electron chi connectivity index (χ4n) is 2.08. The average molecular weight is 383 g/mol. The fraction of sp³-hybridized carbons (Fsp3) is 0.353. The highest BCUT2D eigenvalue weighted by Gasteiger charge is 2.21. The average Bonchev–Trinajstić information content (AvgIpc) is 2.79. The number of carbonyl (C=O) groups excluding carboxylic acids is 1. The van der Waals surface area contributed by atoms with E-state index in [1.807, 2.05) is 6.92 Å². The minimum atomic E-state index is -0.438. The van der Waals surface area contributed by atoms with Crippen LogP contribution >= 0.6 is 15.9 Å². The van der Waals surface area contributed by atoms with Crippen LogP contribution in [0.5, 0.6) is 5.75 Å². The minimum absolute atomic E-state index is 0.191. The van der Waals surface area contributed by atoms with Gasteiger partial charge in [0.25, 0.3) is 0 Å². The highest BCUT2D eigenvalue weighted by Crippen LogP contribution is 2.35. The van der Waals surface area contributed by atoms with Gasteiger partial charge in [-0.15, -0.1) is 0 Å². The van der Waals surface area contributed by atoms with E-state index < -0.39 is 5.97 Å². The summed E-state index contributed by atoms with van der Waals surface area (Å²) < 4.78 is 22.2. The quantitative estimate of drug-likeness (QED) is 0.406. The molecule has 0 aliphatic heterocycles. The van der Waals surface area contributed by atoms with Crippen molar-refractivity contribution in [2.75, 3.05) is 26.9 Å². The molecule has 0 bridgehead atoms. The lowest BCUT2D eigenvalue weighted by Crippen LogP contribution is -2.10. The largest absolute Gasteiger partial charge is 0.488 e. The first kappa shape index (κ1) is 17.6. The maximum absolute atomic E-state index is 12.3. The summed E-state index contributed by atoms with van der Waals surface area (Å²) in [6.45, 7) is 8.36. The summed E-state index contributed by atoms with van der Waals surface area (Å²) in [5.74, 6) is 0.685. The summed E-state index contributed by atoms with van der Waals surface area (Å²) in [5, 5.41) is 0.657. The summed E-state index contributed by atoms with van der Waals surface area (Å²) in [6.07, 6.45) is 0. The molecule has 0 amide bonds. The molecule has 0 radical (unpaired) electrons. The number of halogens is 1. The number of ether oxygens (including phenoxy) is 3. The number of esters is 1. The molecular weight excluding hydrogens is 364 g/mol. The van der Waals surface area contributed by atoms with Crippen LogP contribution in [0.4, 0.5) is 0 Å². The molecule has 1 aromatic carbocycles. The minimum Gasteiger partial charge on any atom is -0.488 e. The lowest BCUT2D eigenvalue weighted by atomic mass is 10.1. The number of benzene rings is 1. The third-order valence-electron chi connectivity index (χ3n) is 3.12. The second-order valence-electron chi connectivity index (χ2n) is 5.19. The Morgan fingerprint density at radius 1 is 1.35 bits per heavy atom. The molecular formula is C17H19BrO5. The third-order valence-corrected chi connectivity index (χ3v) is 3.74. The van der Waals surface area contributed by atoms with Gasteiger partial charge in [0.2, 0.25) is 0 Å². The summed E-state index contributed by atoms with van der Waals surface area (Å²) in [4.78, 5) is 12.3. The molecule has 2 aromatic rings. The number of hydrogen-bond donors (Lipinski definition) is 0. The second-order valence-corrected chi connectivity index (χ2v) is 6.04. The maximum Gasteiger partial charge on any atom is 0.342 e. The molecule has 0 N–H and O–H groups in total. The number of furan rings is 1. The molecule has 0 aliphatic carbocycles. The van der Waals surface area contributed by atoms with E-state index in [-0.39, 0.29) is 6.61 Å². The van der Waals surface area contributed by atoms with Crippen LogP contribution in [0.2, 0.25) is 0 Å². The van der Waals surface area contributed by atoms with E-state index >= 15 is 0 Å². The molecule has 0 saturated carbocycles. The Hall–Kier alpha value is -1.79. The van der Waals surface area contributed by atoms with Gasteiger partial charge in [0.05, 0.1) is 11.1 Å². The van der Waals surface area contributed by atoms with Gasteiger partial charge in [-0.05, 0) is 47.5 Å². The first-order chi connectivity index (χ1) is 10.9. The molecule has 0 unspecified atom stereocenters. The van der Waals surface area contributed by atoms with E-state index in [2.05, 4.69) is 22.5 Å². The molecule has 6 heteroatoms. The zero-order valence-corrected chi connectivity index (χ0v) is 15.0. The Bertz CT molecular complexity index is 732. The predicted octanol–water partition coefficient (Wildman–Crippen LogP) is 4.26. The van der Waals surface area contributed by atoms with Crippen molar-refractivity contribution in [1.29, 1.82) is 0 Å². The van der Waals surface area contributed by atoms with Gasteiger partial charge in [0.15, 0.2) is 0 Å². The van der Waals surface area contributed by atoms with Crippen molar-refractivity contribution in [2.45, 2.75) is 13.8 Å². The molecule has 0 fully saturated rings. The Balaban J connectivity index is 2.36. The monoisotopic (exact) mass is 382 g/mol. The van der Waals surface area contributed by atoms with Crippen molar-refractivity contribution in [3.05, 3.63) is 40.1 Å². The molecule has 0 saturated heterocycles. The standard InChI is InChI=1S/C17H19BrO5/c1-10(2)9-22-15-7-12-14(8-13(15)18)23-11(3)16(12)17(19)21-6-5-20-4/h7-8H,1,5-6,9H2,2-4H3. The first-order valence-electron chi connectivity index (χ1n) is 7.10. The summed E-state index contributed by atoms with van der Waals surface area (Å²) >= 11 is 3.44. The number of hydrogen-bond acceptors (Lipinski definition) is 5. The number of carbonyl (C=O) groups is 1. The van der Waals surface area contributed by atoms with Crippen molar-refractivity contribution < 1.29 is 23.4 Å². The van der Waals surface area contributed by atoms with Crippen LogP contribution in [-0.4, -0.2) is 32.9 Å². The Labute approximate surface area is 143 Å². The molecule has 2 rings (SSSR count). The number of fused-ring (bicyclic) bond motifs is 1. The third kappa shape index (κ3) is 4.14. The molecule has 0 spiro atoms. The van der Waals surface area contributed by atoms with Crippen molar-refractivity contribution in [3.63, 3.8) is 0 Å². The molecule has 23 heavy (non-hydrogen) atoms. The van der Waals surface area contributed by atoms with Crippen LogP contribution in [-0.2, 0) is 9.47 Å². The Kier molecular flexibility index (Phi) is 5.85. The van der Waals surface area contributed by atoms with E-state index in [9.17, 15) is 4.79 Å². The topological polar surface area (TPSA) is 57.9 Å². The van der Waals surface area contributed by atoms with Crippen molar-refractivity contribution >= 4 is 32.9 Å². The predicted molar refractivity (Wildman–Crippen MR) is 91.1 cm³/mol. The summed E-state index contributed by atoms with van der Waals surface area (Å²) in [7, 11) is 1.55. The first-order valence-corrected chi connectivity index (χ1v) is 7.89. The highest BCUT2D eigenvalue weighted by molar-refractivity contribution is 9.10. The summed E-state index contributed by atoms with van der Waals surface area (Å²) in [6, 6.07) is 3.55. The highest BCUT2D eigenvalue weighted by atomic mass is 79.9. The van der Waals surface area contributed by atoms with Crippen LogP contribution in [0.25, 0.3) is 11.0 Å². The SMILES string of the molecule is C=C(C)COc1cc2c(C(=O)OCCOC)c(C)oc2cc1Br. The molecule has 1 heterocycles. The van der Waals surface area contributed by atoms with Gasteiger partial charge in [-0.25, -0.2) is 4.79 Å². The van der Waals surface area contributed by atoms with E-state index in [1.54, 1.807) is 26.2 Å². The zero-order valence-electron chi connectivity index (χ0n) is 13.4. The van der Waals surface area contributed by atoms with Gasteiger partial charge in [-0.3, -0.25) is 0 Å². The van der Waals surface area contributed by atoms with Crippen molar-refractivity contribution in [2.24, 2.45) is 0 Å². The van der Waals surface area contributed by atoms with Crippen LogP contribution in [0, 0.1) is 6.92 Å². The molecule has 124 valence electrons. The maximum atomic E-state index is 12.3. The van der Waals surface area contributed by atoms with Gasteiger partial charge < -0.3 is 18.6 Å². The molecule has 0 atom stereocenters. The van der Waals surface area contributed by atoms with Gasteiger partial charge >= 0.3 is 5.97 Å². The van der Waals surface area contributed by atoms with Crippen molar-refractivity contribution in [1.82, 2.24) is 0 Å². The summed E-state index contributed by atoms with van der Waals surface area (Å²) in [5.41, 5.74) is 1.90. The molecule has 0 aliphatic rings. The lowest BCUT2D eigenvalue weighted by Gasteiger charge is -2.08. The van der Waals surface area contributed by atoms with E-state index in [0.717, 1.165) is 10.0 Å². The van der Waals surface area contributed by atoms with Crippen LogP contribution < -0.4 is 4.74 Å².